The van der Waals surface area contributed by atoms with Gasteiger partial charge < -0.3 is 4.12 Å². The van der Waals surface area contributed by atoms with Gasteiger partial charge in [0.05, 0.1) is 0 Å². The zero-order chi connectivity index (χ0) is 14.4. The second-order valence-electron chi connectivity index (χ2n) is 4.40. The van der Waals surface area contributed by atoms with E-state index in [9.17, 15) is 0 Å². The SMILES string of the molecule is C=C[SiH](O[Si](I)(C=C)c1ccccc1)c1ccccc1. The maximum Gasteiger partial charge on any atom is 0.305 e. The summed E-state index contributed by atoms with van der Waals surface area (Å²) in [6, 6.07) is 20.8. The molecular weight excluding hydrogens is 391 g/mol. The Bertz CT molecular complexity index is 574. The largest absolute Gasteiger partial charge is 0.438 e. The van der Waals surface area contributed by atoms with Crippen LogP contribution < -0.4 is 10.4 Å². The highest BCUT2D eigenvalue weighted by Crippen LogP contribution is 2.17. The van der Waals surface area contributed by atoms with E-state index in [1.807, 2.05) is 23.5 Å². The van der Waals surface area contributed by atoms with Gasteiger partial charge in [0.1, 0.15) is 0 Å². The molecule has 0 N–H and O–H groups in total. The van der Waals surface area contributed by atoms with E-state index >= 15 is 0 Å². The van der Waals surface area contributed by atoms with Crippen molar-refractivity contribution in [3.8, 4) is 0 Å². The predicted octanol–water partition coefficient (Wildman–Crippen LogP) is 2.87. The van der Waals surface area contributed by atoms with Gasteiger partial charge in [0, 0.05) is 0 Å². The minimum absolute atomic E-state index is 1.24. The fourth-order valence-electron chi connectivity index (χ4n) is 1.98. The summed E-state index contributed by atoms with van der Waals surface area (Å²) in [7, 11) is -1.64. The van der Waals surface area contributed by atoms with Crippen molar-refractivity contribution in [3.05, 3.63) is 85.2 Å². The molecule has 2 rings (SSSR count). The van der Waals surface area contributed by atoms with Crippen LogP contribution in [0.25, 0.3) is 0 Å². The van der Waals surface area contributed by atoms with E-state index in [2.05, 4.69) is 83.5 Å². The Morgan fingerprint density at radius 2 is 1.50 bits per heavy atom. The minimum Gasteiger partial charge on any atom is -0.438 e. The van der Waals surface area contributed by atoms with Crippen LogP contribution in [0.3, 0.4) is 0 Å². The number of rotatable bonds is 6. The summed E-state index contributed by atoms with van der Waals surface area (Å²) in [5.41, 5.74) is 3.98. The van der Waals surface area contributed by atoms with Crippen LogP contribution in [0.2, 0.25) is 0 Å². The van der Waals surface area contributed by atoms with Crippen molar-refractivity contribution < 1.29 is 4.12 Å². The van der Waals surface area contributed by atoms with Crippen molar-refractivity contribution in [2.24, 2.45) is 0 Å². The third-order valence-corrected chi connectivity index (χ3v) is 14.1. The second kappa shape index (κ2) is 7.17. The lowest BCUT2D eigenvalue weighted by Gasteiger charge is -2.26. The highest BCUT2D eigenvalue weighted by Gasteiger charge is 2.33. The normalized spacial score (nSPS) is 15.1. The van der Waals surface area contributed by atoms with Gasteiger partial charge in [-0.1, -0.05) is 93.9 Å². The molecule has 0 radical (unpaired) electrons. The monoisotopic (exact) mass is 408 g/mol. The number of benzene rings is 2. The van der Waals surface area contributed by atoms with Crippen molar-refractivity contribution in [3.63, 3.8) is 0 Å². The first-order valence-electron chi connectivity index (χ1n) is 6.43. The van der Waals surface area contributed by atoms with Gasteiger partial charge in [-0.3, -0.25) is 0 Å². The average molecular weight is 408 g/mol. The van der Waals surface area contributed by atoms with E-state index in [4.69, 9.17) is 4.12 Å². The summed E-state index contributed by atoms with van der Waals surface area (Å²) in [5, 5.41) is 2.50. The van der Waals surface area contributed by atoms with Gasteiger partial charge >= 0.3 is 5.81 Å². The van der Waals surface area contributed by atoms with Crippen LogP contribution in [0.5, 0.6) is 0 Å². The predicted molar refractivity (Wildman–Crippen MR) is 101 cm³/mol. The Morgan fingerprint density at radius 3 is 2.00 bits per heavy atom. The smallest absolute Gasteiger partial charge is 0.305 e. The van der Waals surface area contributed by atoms with Crippen LogP contribution in [-0.4, -0.2) is 14.9 Å². The van der Waals surface area contributed by atoms with Crippen LogP contribution in [0, 0.1) is 0 Å². The first-order chi connectivity index (χ1) is 9.69. The Hall–Kier alpha value is -0.956. The maximum absolute atomic E-state index is 6.54. The minimum atomic E-state index is -2.14. The second-order valence-corrected chi connectivity index (χ2v) is 14.4. The molecule has 0 aliphatic carbocycles. The summed E-state index contributed by atoms with van der Waals surface area (Å²) < 4.78 is 6.54. The van der Waals surface area contributed by atoms with Gasteiger partial charge in [-0.2, -0.15) is 0 Å². The Morgan fingerprint density at radius 1 is 0.950 bits per heavy atom. The van der Waals surface area contributed by atoms with Crippen LogP contribution in [0.15, 0.2) is 85.2 Å². The number of hydrogen-bond donors (Lipinski definition) is 0. The summed E-state index contributed by atoms with van der Waals surface area (Å²) in [4.78, 5) is 0. The van der Waals surface area contributed by atoms with Crippen molar-refractivity contribution >= 4 is 47.0 Å². The molecular formula is C16H17IOSi2. The molecule has 0 aliphatic heterocycles. The molecule has 2 atom stereocenters. The molecule has 0 aliphatic rings. The van der Waals surface area contributed by atoms with Crippen molar-refractivity contribution in [1.29, 1.82) is 0 Å². The first-order valence-corrected chi connectivity index (χ1v) is 13.2. The summed E-state index contributed by atoms with van der Waals surface area (Å²) in [6.07, 6.45) is 0. The average Bonchev–Trinajstić information content (AvgIpc) is 2.54. The molecule has 0 saturated heterocycles. The molecule has 102 valence electrons. The Balaban J connectivity index is 2.29. The van der Waals surface area contributed by atoms with Gasteiger partial charge in [0.25, 0.3) is 0 Å². The van der Waals surface area contributed by atoms with E-state index in [1.165, 1.54) is 10.4 Å². The highest BCUT2D eigenvalue weighted by molar-refractivity contribution is 14.1. The zero-order valence-corrected chi connectivity index (χ0v) is 15.5. The lowest BCUT2D eigenvalue weighted by molar-refractivity contribution is 0.628. The van der Waals surface area contributed by atoms with Crippen molar-refractivity contribution in [1.82, 2.24) is 0 Å². The van der Waals surface area contributed by atoms with Crippen LogP contribution >= 0.6 is 21.8 Å². The number of halogens is 1. The molecule has 2 aromatic rings. The molecule has 20 heavy (non-hydrogen) atoms. The molecule has 0 aromatic heterocycles. The molecule has 0 bridgehead atoms. The van der Waals surface area contributed by atoms with E-state index in [-0.39, 0.29) is 0 Å². The van der Waals surface area contributed by atoms with Gasteiger partial charge in [-0.15, -0.1) is 13.2 Å². The third kappa shape index (κ3) is 3.57. The fourth-order valence-corrected chi connectivity index (χ4v) is 10.6. The molecule has 1 nitrogen and oxygen atoms in total. The first kappa shape index (κ1) is 15.4. The van der Waals surface area contributed by atoms with E-state index in [0.717, 1.165) is 0 Å². The molecule has 0 saturated carbocycles. The topological polar surface area (TPSA) is 9.23 Å². The highest BCUT2D eigenvalue weighted by atomic mass is 127. The molecule has 0 amide bonds. The summed E-state index contributed by atoms with van der Waals surface area (Å²) in [5.74, 6) is -2.14. The molecule has 4 heteroatoms. The van der Waals surface area contributed by atoms with Gasteiger partial charge in [-0.05, 0) is 10.4 Å². The van der Waals surface area contributed by atoms with E-state index < -0.39 is 14.9 Å². The maximum atomic E-state index is 6.54. The van der Waals surface area contributed by atoms with Gasteiger partial charge in [0.2, 0.25) is 9.04 Å². The molecule has 2 aromatic carbocycles. The van der Waals surface area contributed by atoms with Gasteiger partial charge in [0.15, 0.2) is 0 Å². The Labute approximate surface area is 136 Å². The van der Waals surface area contributed by atoms with Crippen LogP contribution in [0.1, 0.15) is 0 Å². The van der Waals surface area contributed by atoms with Crippen molar-refractivity contribution in [2.45, 2.75) is 0 Å². The van der Waals surface area contributed by atoms with Crippen LogP contribution in [0.4, 0.5) is 0 Å². The quantitative estimate of drug-likeness (QED) is 0.406. The Kier molecular flexibility index (Phi) is 5.53. The van der Waals surface area contributed by atoms with Gasteiger partial charge in [-0.25, -0.2) is 0 Å². The van der Waals surface area contributed by atoms with E-state index in [1.54, 1.807) is 0 Å². The third-order valence-electron chi connectivity index (χ3n) is 3.07. The standard InChI is InChI=1S/C16H17IOSi2/c1-3-19(15-11-7-5-8-12-15)18-20(17,4-2)16-13-9-6-10-14-16/h3-14,19H,1-2H2. The van der Waals surface area contributed by atoms with E-state index in [0.29, 0.717) is 0 Å². The lowest BCUT2D eigenvalue weighted by Crippen LogP contribution is -2.50. The summed E-state index contributed by atoms with van der Waals surface area (Å²) in [6.45, 7) is 7.98. The number of hydrogen-bond acceptors (Lipinski definition) is 1. The fraction of sp³-hybridized carbons (Fsp3) is 0. The van der Waals surface area contributed by atoms with Crippen molar-refractivity contribution in [2.75, 3.05) is 0 Å². The molecule has 0 spiro atoms. The zero-order valence-electron chi connectivity index (χ0n) is 11.2. The molecule has 0 fully saturated rings. The van der Waals surface area contributed by atoms with Crippen LogP contribution in [-0.2, 0) is 4.12 Å². The molecule has 2 unspecified atom stereocenters. The lowest BCUT2D eigenvalue weighted by atomic mass is 10.4. The summed E-state index contributed by atoms with van der Waals surface area (Å²) >= 11 is 2.46. The molecule has 0 heterocycles.